The van der Waals surface area contributed by atoms with Crippen LogP contribution in [-0.4, -0.2) is 37.7 Å². The van der Waals surface area contributed by atoms with Gasteiger partial charge in [-0.1, -0.05) is 65.2 Å². The summed E-state index contributed by atoms with van der Waals surface area (Å²) in [6.07, 6.45) is 12.6. The first kappa shape index (κ1) is 21.2. The second-order valence-corrected chi connectivity index (χ2v) is 7.04. The molecule has 0 aromatic rings. The Balaban J connectivity index is 2.59. The van der Waals surface area contributed by atoms with Crippen LogP contribution in [0.2, 0.25) is 0 Å². The molecule has 0 spiro atoms. The smallest absolute Gasteiger partial charge is 0.234 e. The van der Waals surface area contributed by atoms with E-state index < -0.39 is 0 Å². The van der Waals surface area contributed by atoms with Crippen molar-refractivity contribution < 1.29 is 9.59 Å². The zero-order valence-electron chi connectivity index (χ0n) is 15.7. The Bertz CT molecular complexity index is 364. The largest absolute Gasteiger partial charge is 0.308 e. The molecule has 5 heteroatoms. The predicted octanol–water partition coefficient (Wildman–Crippen LogP) is 3.59. The summed E-state index contributed by atoms with van der Waals surface area (Å²) >= 11 is 0. The summed E-state index contributed by atoms with van der Waals surface area (Å²) in [6, 6.07) is 0. The van der Waals surface area contributed by atoms with E-state index >= 15 is 0 Å². The summed E-state index contributed by atoms with van der Waals surface area (Å²) in [5.74, 6) is 0.216. The summed E-state index contributed by atoms with van der Waals surface area (Å²) in [4.78, 5) is 26.2. The van der Waals surface area contributed by atoms with Crippen LogP contribution in [-0.2, 0) is 9.59 Å². The standard InChI is InChI=1S/C19H35BN2O2/c1-3-5-7-9-11-16(12-10-8-6-4-2)17-13-18(23)22(19(17)24)15-21-14-20/h16-17,21H,3-15H2,1-2H3. The first-order chi connectivity index (χ1) is 11.7. The second kappa shape index (κ2) is 12.5. The molecule has 0 aliphatic carbocycles. The molecule has 1 atom stereocenters. The number of likely N-dealkylation sites (tertiary alicyclic amines) is 1. The molecule has 2 amide bonds. The van der Waals surface area contributed by atoms with Gasteiger partial charge in [-0.05, 0) is 25.2 Å². The Morgan fingerprint density at radius 3 is 2.12 bits per heavy atom. The maximum absolute atomic E-state index is 12.7. The average molecular weight is 334 g/mol. The van der Waals surface area contributed by atoms with Crippen molar-refractivity contribution in [2.75, 3.05) is 13.1 Å². The quantitative estimate of drug-likeness (QED) is 0.300. The molecule has 1 aliphatic rings. The Labute approximate surface area is 149 Å². The highest BCUT2D eigenvalue weighted by Gasteiger charge is 2.41. The molecule has 1 rings (SSSR count). The highest BCUT2D eigenvalue weighted by atomic mass is 16.2. The lowest BCUT2D eigenvalue weighted by molar-refractivity contribution is -0.140. The summed E-state index contributed by atoms with van der Waals surface area (Å²) < 4.78 is 0. The molecule has 0 saturated carbocycles. The molecule has 1 fully saturated rings. The monoisotopic (exact) mass is 334 g/mol. The molecule has 1 aliphatic heterocycles. The summed E-state index contributed by atoms with van der Waals surface area (Å²) in [5.41, 5.74) is 0. The Morgan fingerprint density at radius 2 is 1.62 bits per heavy atom. The highest BCUT2D eigenvalue weighted by molar-refractivity contribution is 6.08. The van der Waals surface area contributed by atoms with Crippen LogP contribution < -0.4 is 5.32 Å². The van der Waals surface area contributed by atoms with Gasteiger partial charge in [0.2, 0.25) is 11.8 Å². The number of nitrogens with zero attached hydrogens (tertiary/aromatic N) is 1. The Morgan fingerprint density at radius 1 is 1.04 bits per heavy atom. The fourth-order valence-corrected chi connectivity index (χ4v) is 3.63. The van der Waals surface area contributed by atoms with E-state index in [4.69, 9.17) is 7.85 Å². The summed E-state index contributed by atoms with van der Waals surface area (Å²) in [7, 11) is 5.42. The third kappa shape index (κ3) is 6.96. The third-order valence-electron chi connectivity index (χ3n) is 5.12. The third-order valence-corrected chi connectivity index (χ3v) is 5.12. The number of carbonyl (C=O) groups is 2. The zero-order valence-corrected chi connectivity index (χ0v) is 15.7. The van der Waals surface area contributed by atoms with E-state index in [1.807, 2.05) is 0 Å². The van der Waals surface area contributed by atoms with Gasteiger partial charge < -0.3 is 5.32 Å². The van der Waals surface area contributed by atoms with Crippen molar-refractivity contribution in [3.63, 3.8) is 0 Å². The lowest BCUT2D eigenvalue weighted by atomic mass is 9.82. The van der Waals surface area contributed by atoms with Crippen LogP contribution >= 0.6 is 0 Å². The van der Waals surface area contributed by atoms with Gasteiger partial charge in [-0.3, -0.25) is 14.5 Å². The topological polar surface area (TPSA) is 49.4 Å². The first-order valence-electron chi connectivity index (χ1n) is 9.90. The van der Waals surface area contributed by atoms with E-state index in [0.29, 0.717) is 12.3 Å². The van der Waals surface area contributed by atoms with E-state index in [2.05, 4.69) is 19.2 Å². The minimum absolute atomic E-state index is 0.0110. The molecule has 4 nitrogen and oxygen atoms in total. The predicted molar refractivity (Wildman–Crippen MR) is 99.6 cm³/mol. The summed E-state index contributed by atoms with van der Waals surface area (Å²) in [6.45, 7) is 4.68. The maximum atomic E-state index is 12.7. The second-order valence-electron chi connectivity index (χ2n) is 7.04. The molecule has 0 bridgehead atoms. The lowest BCUT2D eigenvalue weighted by Crippen LogP contribution is -2.40. The van der Waals surface area contributed by atoms with Gasteiger partial charge in [-0.2, -0.15) is 0 Å². The molecule has 0 aromatic heterocycles. The molecular formula is C19H35BN2O2. The Hall–Kier alpha value is -0.835. The van der Waals surface area contributed by atoms with E-state index in [-0.39, 0.29) is 30.8 Å². The number of rotatable bonds is 14. The molecule has 24 heavy (non-hydrogen) atoms. The minimum atomic E-state index is -0.111. The number of hydrogen-bond acceptors (Lipinski definition) is 3. The SMILES string of the molecule is [B]CNCN1C(=O)CC(C(CCCCCC)CCCCCC)C1=O. The van der Waals surface area contributed by atoms with Gasteiger partial charge in [0.1, 0.15) is 0 Å². The van der Waals surface area contributed by atoms with Crippen LogP contribution in [0.4, 0.5) is 0 Å². The number of imide groups is 1. The van der Waals surface area contributed by atoms with Crippen molar-refractivity contribution in [3.05, 3.63) is 0 Å². The van der Waals surface area contributed by atoms with Crippen LogP contribution in [0.15, 0.2) is 0 Å². The molecule has 1 unspecified atom stereocenters. The zero-order chi connectivity index (χ0) is 17.8. The molecule has 0 aromatic carbocycles. The number of amides is 2. The van der Waals surface area contributed by atoms with Crippen molar-refractivity contribution >= 4 is 19.7 Å². The number of nitrogens with one attached hydrogen (secondary N) is 1. The van der Waals surface area contributed by atoms with Crippen molar-refractivity contribution in [2.24, 2.45) is 11.8 Å². The van der Waals surface area contributed by atoms with Crippen LogP contribution in [0.25, 0.3) is 0 Å². The van der Waals surface area contributed by atoms with E-state index in [0.717, 1.165) is 12.8 Å². The van der Waals surface area contributed by atoms with Gasteiger partial charge >= 0.3 is 0 Å². The maximum Gasteiger partial charge on any atom is 0.234 e. The van der Waals surface area contributed by atoms with Gasteiger partial charge in [0.25, 0.3) is 0 Å². The fourth-order valence-electron chi connectivity index (χ4n) is 3.63. The van der Waals surface area contributed by atoms with Gasteiger partial charge in [-0.15, -0.1) is 0 Å². The van der Waals surface area contributed by atoms with Gasteiger partial charge in [-0.25, -0.2) is 0 Å². The molecule has 136 valence electrons. The minimum Gasteiger partial charge on any atom is -0.308 e. The van der Waals surface area contributed by atoms with Crippen LogP contribution in [0.5, 0.6) is 0 Å². The number of carbonyl (C=O) groups excluding carboxylic acids is 2. The normalized spacial score (nSPS) is 18.1. The lowest BCUT2D eigenvalue weighted by Gasteiger charge is -2.23. The van der Waals surface area contributed by atoms with Crippen LogP contribution in [0, 0.1) is 11.8 Å². The van der Waals surface area contributed by atoms with Gasteiger partial charge in [0.15, 0.2) is 0 Å². The van der Waals surface area contributed by atoms with E-state index in [1.54, 1.807) is 0 Å². The van der Waals surface area contributed by atoms with Crippen molar-refractivity contribution in [2.45, 2.75) is 84.5 Å². The van der Waals surface area contributed by atoms with E-state index in [9.17, 15) is 9.59 Å². The van der Waals surface area contributed by atoms with Crippen molar-refractivity contribution in [1.29, 1.82) is 0 Å². The molecule has 2 radical (unpaired) electrons. The fraction of sp³-hybridized carbons (Fsp3) is 0.895. The number of unbranched alkanes of at least 4 members (excludes halogenated alkanes) is 6. The van der Waals surface area contributed by atoms with Gasteiger partial charge in [0, 0.05) is 6.42 Å². The van der Waals surface area contributed by atoms with E-state index in [1.165, 1.54) is 56.3 Å². The Kier molecular flexibility index (Phi) is 11.1. The van der Waals surface area contributed by atoms with Gasteiger partial charge in [0.05, 0.1) is 20.4 Å². The molecule has 1 saturated heterocycles. The molecular weight excluding hydrogens is 299 g/mol. The van der Waals surface area contributed by atoms with Crippen LogP contribution in [0.1, 0.15) is 84.5 Å². The number of hydrogen-bond donors (Lipinski definition) is 1. The highest BCUT2D eigenvalue weighted by Crippen LogP contribution is 2.33. The van der Waals surface area contributed by atoms with Crippen molar-refractivity contribution in [1.82, 2.24) is 10.2 Å². The molecule has 1 heterocycles. The molecule has 1 N–H and O–H groups in total. The van der Waals surface area contributed by atoms with Crippen molar-refractivity contribution in [3.8, 4) is 0 Å². The first-order valence-corrected chi connectivity index (χ1v) is 9.90. The van der Waals surface area contributed by atoms with Crippen LogP contribution in [0.3, 0.4) is 0 Å². The average Bonchev–Trinajstić information content (AvgIpc) is 2.86. The summed E-state index contributed by atoms with van der Waals surface area (Å²) in [5, 5.41) is 2.89.